The largest absolute Gasteiger partial charge is 0.378 e. The predicted molar refractivity (Wildman–Crippen MR) is 53.7 cm³/mol. The topological polar surface area (TPSA) is 41.6 Å². The summed E-state index contributed by atoms with van der Waals surface area (Å²) in [5, 5.41) is 3.22. The van der Waals surface area contributed by atoms with E-state index in [9.17, 15) is 4.79 Å². The molecule has 78 valence electrons. The lowest BCUT2D eigenvalue weighted by molar-refractivity contribution is -0.130. The maximum Gasteiger partial charge on any atom is 0.224 e. The first-order valence-electron chi connectivity index (χ1n) is 4.72. The summed E-state index contributed by atoms with van der Waals surface area (Å²) in [4.78, 5) is 13.1. The second kappa shape index (κ2) is 5.63. The average molecular weight is 196 g/mol. The van der Waals surface area contributed by atoms with E-state index in [-0.39, 0.29) is 11.9 Å². The molecule has 1 saturated heterocycles. The molecule has 0 aliphatic carbocycles. The lowest BCUT2D eigenvalue weighted by Gasteiger charge is -2.25. The van der Waals surface area contributed by atoms with E-state index in [0.717, 1.165) is 13.2 Å². The predicted octanol–water partition coefficient (Wildman–Crippen LogP) is -0.543. The molecule has 0 aromatic rings. The van der Waals surface area contributed by atoms with Gasteiger partial charge in [-0.05, 0) is 0 Å². The summed E-state index contributed by atoms with van der Waals surface area (Å²) in [6.07, 6.45) is 5.57. The zero-order chi connectivity index (χ0) is 10.4. The van der Waals surface area contributed by atoms with Gasteiger partial charge in [0.25, 0.3) is 0 Å². The van der Waals surface area contributed by atoms with Crippen LogP contribution in [0.4, 0.5) is 0 Å². The Labute approximate surface area is 84.6 Å². The zero-order valence-electron chi connectivity index (χ0n) is 8.45. The Morgan fingerprint density at radius 2 is 2.57 bits per heavy atom. The van der Waals surface area contributed by atoms with Gasteiger partial charge in [0.1, 0.15) is 0 Å². The summed E-state index contributed by atoms with van der Waals surface area (Å²) in [5.74, 6) is 2.50. The zero-order valence-corrected chi connectivity index (χ0v) is 8.45. The minimum absolute atomic E-state index is 0.0611. The molecule has 0 spiro atoms. The highest BCUT2D eigenvalue weighted by Crippen LogP contribution is 2.01. The summed E-state index contributed by atoms with van der Waals surface area (Å²) in [6.45, 7) is 2.52. The first kappa shape index (κ1) is 11.0. The molecule has 0 aromatic heterocycles. The van der Waals surface area contributed by atoms with Crippen LogP contribution in [-0.2, 0) is 9.53 Å². The van der Waals surface area contributed by atoms with E-state index in [2.05, 4.69) is 11.2 Å². The third-order valence-corrected chi connectivity index (χ3v) is 2.17. The molecule has 1 rings (SSSR count). The Balaban J connectivity index is 2.28. The van der Waals surface area contributed by atoms with Gasteiger partial charge in [-0.2, -0.15) is 0 Å². The van der Waals surface area contributed by atoms with Crippen LogP contribution in [-0.4, -0.2) is 50.2 Å². The third-order valence-electron chi connectivity index (χ3n) is 2.17. The summed E-state index contributed by atoms with van der Waals surface area (Å²) >= 11 is 0. The fourth-order valence-corrected chi connectivity index (χ4v) is 1.34. The molecule has 0 bridgehead atoms. The highest BCUT2D eigenvalue weighted by Gasteiger charge is 2.18. The lowest BCUT2D eigenvalue weighted by Crippen LogP contribution is -2.44. The van der Waals surface area contributed by atoms with Crippen molar-refractivity contribution >= 4 is 5.91 Å². The van der Waals surface area contributed by atoms with E-state index < -0.39 is 0 Å². The number of carbonyl (C=O) groups is 1. The fraction of sp³-hybridized carbons (Fsp3) is 0.700. The van der Waals surface area contributed by atoms with Crippen LogP contribution in [0.15, 0.2) is 0 Å². The molecule has 4 heteroatoms. The van der Waals surface area contributed by atoms with E-state index in [1.807, 2.05) is 0 Å². The number of nitrogens with zero attached hydrogens (tertiary/aromatic N) is 1. The lowest BCUT2D eigenvalue weighted by atomic mass is 10.2. The van der Waals surface area contributed by atoms with E-state index in [0.29, 0.717) is 19.6 Å². The normalized spacial score (nSPS) is 21.3. The van der Waals surface area contributed by atoms with Crippen molar-refractivity contribution in [1.29, 1.82) is 0 Å². The molecule has 1 aliphatic heterocycles. The minimum atomic E-state index is 0.0611. The number of ether oxygens (including phenoxy) is 1. The molecule has 1 heterocycles. The maximum atomic E-state index is 11.5. The van der Waals surface area contributed by atoms with E-state index in [1.165, 1.54) is 0 Å². The van der Waals surface area contributed by atoms with Crippen molar-refractivity contribution in [3.05, 3.63) is 0 Å². The molecule has 14 heavy (non-hydrogen) atoms. The van der Waals surface area contributed by atoms with Crippen molar-refractivity contribution in [3.63, 3.8) is 0 Å². The molecule has 1 fully saturated rings. The first-order valence-corrected chi connectivity index (χ1v) is 4.72. The molecule has 0 saturated carbocycles. The second-order valence-corrected chi connectivity index (χ2v) is 3.38. The average Bonchev–Trinajstić information content (AvgIpc) is 2.19. The Kier molecular flexibility index (Phi) is 4.44. The van der Waals surface area contributed by atoms with Crippen molar-refractivity contribution in [3.8, 4) is 12.3 Å². The molecule has 0 aromatic carbocycles. The smallest absolute Gasteiger partial charge is 0.224 e. The van der Waals surface area contributed by atoms with Gasteiger partial charge in [-0.15, -0.1) is 6.42 Å². The Morgan fingerprint density at radius 1 is 1.79 bits per heavy atom. The van der Waals surface area contributed by atoms with Crippen LogP contribution in [0.25, 0.3) is 0 Å². The van der Waals surface area contributed by atoms with Crippen LogP contribution < -0.4 is 5.32 Å². The Hall–Kier alpha value is -1.05. The third kappa shape index (κ3) is 3.36. The highest BCUT2D eigenvalue weighted by molar-refractivity contribution is 5.76. The van der Waals surface area contributed by atoms with E-state index >= 15 is 0 Å². The highest BCUT2D eigenvalue weighted by atomic mass is 16.5. The van der Waals surface area contributed by atoms with Gasteiger partial charge >= 0.3 is 0 Å². The summed E-state index contributed by atoms with van der Waals surface area (Å²) in [7, 11) is 1.71. The maximum absolute atomic E-state index is 11.5. The van der Waals surface area contributed by atoms with E-state index in [1.54, 1.807) is 11.9 Å². The number of carbonyl (C=O) groups excluding carboxylic acids is 1. The molecule has 1 atom stereocenters. The van der Waals surface area contributed by atoms with E-state index in [4.69, 9.17) is 11.2 Å². The van der Waals surface area contributed by atoms with Crippen LogP contribution in [0.5, 0.6) is 0 Å². The van der Waals surface area contributed by atoms with Crippen LogP contribution in [0, 0.1) is 12.3 Å². The van der Waals surface area contributed by atoms with Gasteiger partial charge in [0, 0.05) is 26.1 Å². The number of amides is 1. The molecule has 1 aliphatic rings. The molecule has 1 unspecified atom stereocenters. The minimum Gasteiger partial charge on any atom is -0.378 e. The summed E-state index contributed by atoms with van der Waals surface area (Å²) in [6, 6.07) is 0.136. The van der Waals surface area contributed by atoms with Crippen LogP contribution >= 0.6 is 0 Å². The van der Waals surface area contributed by atoms with Gasteiger partial charge in [0.15, 0.2) is 0 Å². The molecular weight excluding hydrogens is 180 g/mol. The van der Waals surface area contributed by atoms with Crippen molar-refractivity contribution < 1.29 is 9.53 Å². The van der Waals surface area contributed by atoms with Crippen molar-refractivity contribution in [1.82, 2.24) is 10.2 Å². The molecule has 1 amide bonds. The number of hydrogen-bond donors (Lipinski definition) is 1. The molecule has 0 radical (unpaired) electrons. The first-order chi connectivity index (χ1) is 6.74. The van der Waals surface area contributed by atoms with Crippen LogP contribution in [0.3, 0.4) is 0 Å². The number of hydrogen-bond acceptors (Lipinski definition) is 3. The second-order valence-electron chi connectivity index (χ2n) is 3.38. The van der Waals surface area contributed by atoms with Gasteiger partial charge in [-0.3, -0.25) is 4.79 Å². The van der Waals surface area contributed by atoms with Gasteiger partial charge < -0.3 is 15.0 Å². The van der Waals surface area contributed by atoms with Crippen LogP contribution in [0.1, 0.15) is 6.42 Å². The monoisotopic (exact) mass is 196 g/mol. The SMILES string of the molecule is C#CCN(C)C(=O)CC1COCCN1. The molecule has 1 N–H and O–H groups in total. The van der Waals surface area contributed by atoms with Crippen LogP contribution in [0.2, 0.25) is 0 Å². The van der Waals surface area contributed by atoms with Gasteiger partial charge in [0.2, 0.25) is 5.91 Å². The number of rotatable bonds is 3. The van der Waals surface area contributed by atoms with Crippen molar-refractivity contribution in [2.75, 3.05) is 33.4 Å². The van der Waals surface area contributed by atoms with Crippen molar-refractivity contribution in [2.45, 2.75) is 12.5 Å². The summed E-state index contributed by atoms with van der Waals surface area (Å²) in [5.41, 5.74) is 0. The van der Waals surface area contributed by atoms with Gasteiger partial charge in [-0.25, -0.2) is 0 Å². The summed E-state index contributed by atoms with van der Waals surface area (Å²) < 4.78 is 5.25. The number of terminal acetylenes is 1. The quantitative estimate of drug-likeness (QED) is 0.616. The van der Waals surface area contributed by atoms with Gasteiger partial charge in [0.05, 0.1) is 19.8 Å². The van der Waals surface area contributed by atoms with Crippen molar-refractivity contribution in [2.24, 2.45) is 0 Å². The van der Waals surface area contributed by atoms with Gasteiger partial charge in [-0.1, -0.05) is 5.92 Å². The Morgan fingerprint density at radius 3 is 3.14 bits per heavy atom. The fourth-order valence-electron chi connectivity index (χ4n) is 1.34. The molecule has 4 nitrogen and oxygen atoms in total. The number of morpholine rings is 1. The molecular formula is C10H16N2O2. The standard InChI is InChI=1S/C10H16N2O2/c1-3-5-12(2)10(13)7-9-8-14-6-4-11-9/h1,9,11H,4-8H2,2H3. The Bertz CT molecular complexity index is 229. The number of nitrogens with one attached hydrogen (secondary N) is 1.